The van der Waals surface area contributed by atoms with Crippen LogP contribution in [-0.4, -0.2) is 4.98 Å². The van der Waals surface area contributed by atoms with Gasteiger partial charge in [0.15, 0.2) is 0 Å². The molecule has 0 bridgehead atoms. The van der Waals surface area contributed by atoms with Gasteiger partial charge in [-0.05, 0) is 45.8 Å². The van der Waals surface area contributed by atoms with E-state index >= 15 is 0 Å². The van der Waals surface area contributed by atoms with Crippen LogP contribution in [0.25, 0.3) is 10.9 Å². The van der Waals surface area contributed by atoms with Crippen LogP contribution in [0.2, 0.25) is 0 Å². The first-order valence-electron chi connectivity index (χ1n) is 5.83. The summed E-state index contributed by atoms with van der Waals surface area (Å²) >= 11 is 5.26. The highest BCUT2D eigenvalue weighted by molar-refractivity contribution is 9.11. The highest BCUT2D eigenvalue weighted by Crippen LogP contribution is 2.22. The van der Waals surface area contributed by atoms with E-state index in [0.29, 0.717) is 0 Å². The van der Waals surface area contributed by atoms with Crippen LogP contribution in [0, 0.1) is 0 Å². The molecule has 4 heteroatoms. The van der Waals surface area contributed by atoms with Gasteiger partial charge in [0.05, 0.1) is 3.79 Å². The van der Waals surface area contributed by atoms with Crippen molar-refractivity contribution in [3.05, 3.63) is 56.8 Å². The number of H-pyrrole nitrogens is 1. The maximum absolute atomic E-state index is 3.49. The zero-order valence-electron chi connectivity index (χ0n) is 9.74. The third-order valence-corrected chi connectivity index (χ3v) is 4.55. The van der Waals surface area contributed by atoms with Crippen molar-refractivity contribution in [2.75, 3.05) is 0 Å². The average Bonchev–Trinajstić information content (AvgIpc) is 2.98. The van der Waals surface area contributed by atoms with Crippen molar-refractivity contribution in [1.29, 1.82) is 0 Å². The maximum Gasteiger partial charge on any atom is 0.0701 e. The fraction of sp³-hybridized carbons (Fsp3) is 0.143. The van der Waals surface area contributed by atoms with Crippen LogP contribution in [0.1, 0.15) is 10.4 Å². The van der Waals surface area contributed by atoms with E-state index in [-0.39, 0.29) is 0 Å². The van der Waals surface area contributed by atoms with Crippen LogP contribution >= 0.6 is 27.3 Å². The molecule has 0 aliphatic heterocycles. The minimum atomic E-state index is 0.894. The largest absolute Gasteiger partial charge is 0.361 e. The van der Waals surface area contributed by atoms with E-state index in [1.165, 1.54) is 25.1 Å². The lowest BCUT2D eigenvalue weighted by Crippen LogP contribution is -2.11. The van der Waals surface area contributed by atoms with Crippen LogP contribution in [0.3, 0.4) is 0 Å². The van der Waals surface area contributed by atoms with Gasteiger partial charge in [0.1, 0.15) is 0 Å². The Balaban J connectivity index is 1.68. The molecule has 0 aliphatic rings. The van der Waals surface area contributed by atoms with E-state index < -0.39 is 0 Å². The number of benzene rings is 1. The normalized spacial score (nSPS) is 11.2. The Kier molecular flexibility index (Phi) is 3.50. The lowest BCUT2D eigenvalue weighted by Gasteiger charge is -2.05. The Morgan fingerprint density at radius 3 is 2.89 bits per heavy atom. The van der Waals surface area contributed by atoms with E-state index in [9.17, 15) is 0 Å². The van der Waals surface area contributed by atoms with Crippen molar-refractivity contribution in [3.63, 3.8) is 0 Å². The van der Waals surface area contributed by atoms with E-state index in [0.717, 1.165) is 13.1 Å². The number of hydrogen-bond acceptors (Lipinski definition) is 2. The number of nitrogens with one attached hydrogen (secondary N) is 2. The Morgan fingerprint density at radius 2 is 2.06 bits per heavy atom. The lowest BCUT2D eigenvalue weighted by molar-refractivity contribution is 0.704. The summed E-state index contributed by atoms with van der Waals surface area (Å²) in [5, 5.41) is 4.79. The van der Waals surface area contributed by atoms with Crippen molar-refractivity contribution in [2.45, 2.75) is 13.1 Å². The Bertz CT molecular complexity index is 656. The SMILES string of the molecule is Brc1ccc(CNCc2cccc3[nH]ccc23)s1. The Morgan fingerprint density at radius 1 is 1.11 bits per heavy atom. The van der Waals surface area contributed by atoms with Gasteiger partial charge in [-0.1, -0.05) is 12.1 Å². The predicted molar refractivity (Wildman–Crippen MR) is 80.9 cm³/mol. The summed E-state index contributed by atoms with van der Waals surface area (Å²) in [7, 11) is 0. The van der Waals surface area contributed by atoms with Gasteiger partial charge in [0.25, 0.3) is 0 Å². The number of hydrogen-bond donors (Lipinski definition) is 2. The van der Waals surface area contributed by atoms with E-state index in [2.05, 4.69) is 62.6 Å². The molecule has 0 saturated heterocycles. The standard InChI is InChI=1S/C14H13BrN2S/c15-14-5-4-11(18-14)9-16-8-10-2-1-3-13-12(10)6-7-17-13/h1-7,16-17H,8-9H2. The molecule has 0 atom stereocenters. The van der Waals surface area contributed by atoms with Crippen LogP contribution in [0.4, 0.5) is 0 Å². The molecule has 1 aromatic carbocycles. The molecule has 2 N–H and O–H groups in total. The first-order valence-corrected chi connectivity index (χ1v) is 7.44. The molecule has 92 valence electrons. The summed E-state index contributed by atoms with van der Waals surface area (Å²) in [5.74, 6) is 0. The minimum Gasteiger partial charge on any atom is -0.361 e. The van der Waals surface area contributed by atoms with Gasteiger partial charge in [0, 0.05) is 35.1 Å². The molecule has 3 aromatic rings. The monoisotopic (exact) mass is 320 g/mol. The minimum absolute atomic E-state index is 0.894. The smallest absolute Gasteiger partial charge is 0.0701 e. The summed E-state index contributed by atoms with van der Waals surface area (Å²) in [5.41, 5.74) is 2.54. The lowest BCUT2D eigenvalue weighted by atomic mass is 10.1. The molecule has 18 heavy (non-hydrogen) atoms. The van der Waals surface area contributed by atoms with Gasteiger partial charge >= 0.3 is 0 Å². The summed E-state index contributed by atoms with van der Waals surface area (Å²) in [6.45, 7) is 1.81. The highest BCUT2D eigenvalue weighted by Gasteiger charge is 2.02. The number of aromatic nitrogens is 1. The number of aromatic amines is 1. The van der Waals surface area contributed by atoms with Crippen molar-refractivity contribution in [3.8, 4) is 0 Å². The van der Waals surface area contributed by atoms with Gasteiger partial charge < -0.3 is 10.3 Å². The second kappa shape index (κ2) is 5.26. The van der Waals surface area contributed by atoms with E-state index in [1.807, 2.05) is 6.20 Å². The van der Waals surface area contributed by atoms with E-state index in [4.69, 9.17) is 0 Å². The number of thiophene rings is 1. The molecule has 2 nitrogen and oxygen atoms in total. The molecule has 0 fully saturated rings. The second-order valence-electron chi connectivity index (χ2n) is 4.17. The summed E-state index contributed by atoms with van der Waals surface area (Å²) in [6.07, 6.45) is 1.99. The fourth-order valence-corrected chi connectivity index (χ4v) is 3.52. The molecule has 0 unspecified atom stereocenters. The zero-order chi connectivity index (χ0) is 12.4. The van der Waals surface area contributed by atoms with Crippen molar-refractivity contribution >= 4 is 38.2 Å². The molecule has 0 saturated carbocycles. The molecule has 0 radical (unpaired) electrons. The summed E-state index contributed by atoms with van der Waals surface area (Å²) in [6, 6.07) is 12.8. The second-order valence-corrected chi connectivity index (χ2v) is 6.71. The van der Waals surface area contributed by atoms with Crippen LogP contribution in [0.15, 0.2) is 46.4 Å². The van der Waals surface area contributed by atoms with Crippen molar-refractivity contribution < 1.29 is 0 Å². The molecule has 2 aromatic heterocycles. The Hall–Kier alpha value is -1.10. The summed E-state index contributed by atoms with van der Waals surface area (Å²) < 4.78 is 1.19. The third-order valence-electron chi connectivity index (χ3n) is 2.93. The fourth-order valence-electron chi connectivity index (χ4n) is 2.07. The molecular formula is C14H13BrN2S. The van der Waals surface area contributed by atoms with Gasteiger partial charge in [-0.15, -0.1) is 11.3 Å². The van der Waals surface area contributed by atoms with Gasteiger partial charge in [-0.25, -0.2) is 0 Å². The predicted octanol–water partition coefficient (Wildman–Crippen LogP) is 4.28. The van der Waals surface area contributed by atoms with Crippen LogP contribution in [0.5, 0.6) is 0 Å². The molecule has 0 amide bonds. The number of rotatable bonds is 4. The first-order chi connectivity index (χ1) is 8.83. The molecule has 2 heterocycles. The average molecular weight is 321 g/mol. The van der Waals surface area contributed by atoms with E-state index in [1.54, 1.807) is 11.3 Å². The third kappa shape index (κ3) is 2.51. The molecular weight excluding hydrogens is 308 g/mol. The molecule has 3 rings (SSSR count). The summed E-state index contributed by atoms with van der Waals surface area (Å²) in [4.78, 5) is 4.59. The maximum atomic E-state index is 3.49. The zero-order valence-corrected chi connectivity index (χ0v) is 12.1. The highest BCUT2D eigenvalue weighted by atomic mass is 79.9. The molecule has 0 spiro atoms. The number of fused-ring (bicyclic) bond motifs is 1. The Labute approximate surface area is 118 Å². The topological polar surface area (TPSA) is 27.8 Å². The van der Waals surface area contributed by atoms with Crippen molar-refractivity contribution in [2.24, 2.45) is 0 Å². The van der Waals surface area contributed by atoms with Gasteiger partial charge in [-0.3, -0.25) is 0 Å². The van der Waals surface area contributed by atoms with Crippen LogP contribution in [-0.2, 0) is 13.1 Å². The van der Waals surface area contributed by atoms with Crippen LogP contribution < -0.4 is 5.32 Å². The van der Waals surface area contributed by atoms with Gasteiger partial charge in [0.2, 0.25) is 0 Å². The van der Waals surface area contributed by atoms with Gasteiger partial charge in [-0.2, -0.15) is 0 Å². The molecule has 0 aliphatic carbocycles. The first kappa shape index (κ1) is 12.0. The number of halogens is 1. The quantitative estimate of drug-likeness (QED) is 0.737. The van der Waals surface area contributed by atoms with Crippen molar-refractivity contribution in [1.82, 2.24) is 10.3 Å².